The lowest BCUT2D eigenvalue weighted by atomic mass is 9.62. The standard InChI is InChI=1S/C21H28FN7O/c22-18-8-13(4-7-25-18)26-20-15(19(24)30)10-29(27-20)17-3-2-14(9-16(17)23)28-11-21(12-28)5-1-6-21/h4,7-8,10,14,16-17H,1-3,5-6,9,11-12,23H2,(H2,24,30)(H,25,26,27)/t14-,16+,17+/m1/s1. The summed E-state index contributed by atoms with van der Waals surface area (Å²) in [6, 6.07) is 3.33. The van der Waals surface area contributed by atoms with E-state index in [1.54, 1.807) is 16.9 Å². The number of pyridine rings is 1. The minimum atomic E-state index is -0.616. The topological polar surface area (TPSA) is 115 Å². The number of hydrogen-bond donors (Lipinski definition) is 3. The van der Waals surface area contributed by atoms with Gasteiger partial charge >= 0.3 is 0 Å². The number of carbonyl (C=O) groups is 1. The van der Waals surface area contributed by atoms with E-state index in [1.165, 1.54) is 44.6 Å². The van der Waals surface area contributed by atoms with Crippen molar-refractivity contribution in [3.63, 3.8) is 0 Å². The Morgan fingerprint density at radius 1 is 1.30 bits per heavy atom. The van der Waals surface area contributed by atoms with Gasteiger partial charge in [-0.15, -0.1) is 0 Å². The average Bonchev–Trinajstić information content (AvgIpc) is 3.03. The molecule has 3 heterocycles. The summed E-state index contributed by atoms with van der Waals surface area (Å²) in [6.45, 7) is 2.44. The van der Waals surface area contributed by atoms with Gasteiger partial charge in [-0.3, -0.25) is 14.4 Å². The molecular formula is C21H28FN7O. The second kappa shape index (κ2) is 7.31. The second-order valence-electron chi connectivity index (χ2n) is 9.18. The molecule has 9 heteroatoms. The Balaban J connectivity index is 1.29. The van der Waals surface area contributed by atoms with Crippen LogP contribution in [-0.4, -0.2) is 50.7 Å². The Labute approximate surface area is 174 Å². The first-order chi connectivity index (χ1) is 14.4. The van der Waals surface area contributed by atoms with E-state index in [9.17, 15) is 9.18 Å². The number of nitrogens with zero attached hydrogens (tertiary/aromatic N) is 4. The summed E-state index contributed by atoms with van der Waals surface area (Å²) in [5.74, 6) is -0.904. The van der Waals surface area contributed by atoms with Gasteiger partial charge in [0.1, 0.15) is 5.56 Å². The van der Waals surface area contributed by atoms with Crippen molar-refractivity contribution in [3.8, 4) is 0 Å². The van der Waals surface area contributed by atoms with Gasteiger partial charge in [0, 0.05) is 49.3 Å². The third-order valence-electron chi connectivity index (χ3n) is 7.17. The van der Waals surface area contributed by atoms with E-state index in [1.807, 2.05) is 0 Å². The summed E-state index contributed by atoms with van der Waals surface area (Å²) in [4.78, 5) is 18.1. The van der Waals surface area contributed by atoms with Crippen LogP contribution in [0.5, 0.6) is 0 Å². The summed E-state index contributed by atoms with van der Waals surface area (Å²) in [5.41, 5.74) is 13.4. The number of amides is 1. The van der Waals surface area contributed by atoms with Gasteiger partial charge in [0.15, 0.2) is 5.82 Å². The Kier molecular flexibility index (Phi) is 4.74. The van der Waals surface area contributed by atoms with Gasteiger partial charge in [-0.05, 0) is 43.6 Å². The molecule has 0 unspecified atom stereocenters. The van der Waals surface area contributed by atoms with E-state index in [0.29, 0.717) is 23.0 Å². The van der Waals surface area contributed by atoms with Crippen molar-refractivity contribution < 1.29 is 9.18 Å². The van der Waals surface area contributed by atoms with Crippen LogP contribution in [0.4, 0.5) is 15.9 Å². The second-order valence-corrected chi connectivity index (χ2v) is 9.18. The molecule has 5 N–H and O–H groups in total. The van der Waals surface area contributed by atoms with Gasteiger partial charge in [0.25, 0.3) is 5.91 Å². The number of hydrogen-bond acceptors (Lipinski definition) is 6. The van der Waals surface area contributed by atoms with Gasteiger partial charge in [0.05, 0.1) is 6.04 Å². The zero-order valence-electron chi connectivity index (χ0n) is 16.9. The smallest absolute Gasteiger partial charge is 0.254 e. The van der Waals surface area contributed by atoms with Crippen LogP contribution in [0.2, 0.25) is 0 Å². The van der Waals surface area contributed by atoms with E-state index in [4.69, 9.17) is 11.5 Å². The Hall–Kier alpha value is -2.52. The van der Waals surface area contributed by atoms with Gasteiger partial charge in [-0.1, -0.05) is 6.42 Å². The molecule has 2 saturated carbocycles. The highest BCUT2D eigenvalue weighted by Gasteiger charge is 2.50. The molecule has 2 aromatic heterocycles. The molecule has 1 amide bonds. The normalized spacial score (nSPS) is 28.0. The first-order valence-corrected chi connectivity index (χ1v) is 10.7. The quantitative estimate of drug-likeness (QED) is 0.647. The highest BCUT2D eigenvalue weighted by molar-refractivity contribution is 5.98. The Morgan fingerprint density at radius 2 is 2.10 bits per heavy atom. The fourth-order valence-corrected chi connectivity index (χ4v) is 5.34. The number of anilines is 2. The maximum atomic E-state index is 13.4. The summed E-state index contributed by atoms with van der Waals surface area (Å²) >= 11 is 0. The van der Waals surface area contributed by atoms with Gasteiger partial charge in [-0.2, -0.15) is 9.49 Å². The van der Waals surface area contributed by atoms with E-state index < -0.39 is 11.9 Å². The van der Waals surface area contributed by atoms with E-state index in [-0.39, 0.29) is 17.6 Å². The summed E-state index contributed by atoms with van der Waals surface area (Å²) < 4.78 is 15.2. The van der Waals surface area contributed by atoms with Gasteiger partial charge in [-0.25, -0.2) is 4.98 Å². The molecule has 0 bridgehead atoms. The first kappa shape index (κ1) is 19.4. The lowest BCUT2D eigenvalue weighted by Gasteiger charge is -2.59. The van der Waals surface area contributed by atoms with Crippen LogP contribution in [0.1, 0.15) is 54.9 Å². The van der Waals surface area contributed by atoms with Crippen LogP contribution in [0.15, 0.2) is 24.5 Å². The number of nitrogens with one attached hydrogen (secondary N) is 1. The summed E-state index contributed by atoms with van der Waals surface area (Å²) in [5, 5.41) is 7.52. The molecule has 5 rings (SSSR count). The Morgan fingerprint density at radius 3 is 2.73 bits per heavy atom. The Bertz CT molecular complexity index is 949. The summed E-state index contributed by atoms with van der Waals surface area (Å²) in [7, 11) is 0. The number of aromatic nitrogens is 3. The molecule has 160 valence electrons. The third kappa shape index (κ3) is 3.45. The zero-order valence-corrected chi connectivity index (χ0v) is 16.9. The van der Waals surface area contributed by atoms with Crippen LogP contribution < -0.4 is 16.8 Å². The SMILES string of the molecule is NC(=O)c1cn([C@H]2CC[C@@H](N3CC4(CCC4)C3)C[C@@H]2N)nc1Nc1ccnc(F)c1. The van der Waals surface area contributed by atoms with Crippen molar-refractivity contribution in [3.05, 3.63) is 36.0 Å². The molecule has 8 nitrogen and oxygen atoms in total. The van der Waals surface area contributed by atoms with Crippen molar-refractivity contribution in [2.45, 2.75) is 56.7 Å². The maximum absolute atomic E-state index is 13.4. The van der Waals surface area contributed by atoms with Crippen molar-refractivity contribution in [1.29, 1.82) is 0 Å². The highest BCUT2D eigenvalue weighted by Crippen LogP contribution is 2.50. The molecule has 0 aromatic carbocycles. The molecule has 1 aliphatic heterocycles. The third-order valence-corrected chi connectivity index (χ3v) is 7.17. The maximum Gasteiger partial charge on any atom is 0.254 e. The van der Waals surface area contributed by atoms with Crippen molar-refractivity contribution in [2.75, 3.05) is 18.4 Å². The van der Waals surface area contributed by atoms with Crippen molar-refractivity contribution in [2.24, 2.45) is 16.9 Å². The van der Waals surface area contributed by atoms with E-state index in [2.05, 4.69) is 20.3 Å². The largest absolute Gasteiger partial charge is 0.365 e. The number of primary amides is 1. The molecule has 1 saturated heterocycles. The lowest BCUT2D eigenvalue weighted by Crippen LogP contribution is -2.64. The molecule has 1 spiro atoms. The van der Waals surface area contributed by atoms with Crippen molar-refractivity contribution >= 4 is 17.4 Å². The van der Waals surface area contributed by atoms with Crippen molar-refractivity contribution in [1.82, 2.24) is 19.7 Å². The monoisotopic (exact) mass is 413 g/mol. The molecular weight excluding hydrogens is 385 g/mol. The number of carbonyl (C=O) groups excluding carboxylic acids is 1. The molecule has 3 aliphatic rings. The van der Waals surface area contributed by atoms with E-state index >= 15 is 0 Å². The van der Waals surface area contributed by atoms with Crippen LogP contribution in [0.25, 0.3) is 0 Å². The predicted molar refractivity (Wildman–Crippen MR) is 111 cm³/mol. The molecule has 3 fully saturated rings. The highest BCUT2D eigenvalue weighted by atomic mass is 19.1. The molecule has 2 aliphatic carbocycles. The van der Waals surface area contributed by atoms with E-state index in [0.717, 1.165) is 19.3 Å². The zero-order chi connectivity index (χ0) is 20.9. The lowest BCUT2D eigenvalue weighted by molar-refractivity contribution is -0.0928. The minimum Gasteiger partial charge on any atom is -0.365 e. The first-order valence-electron chi connectivity index (χ1n) is 10.7. The van der Waals surface area contributed by atoms with Crippen LogP contribution >= 0.6 is 0 Å². The molecule has 3 atom stereocenters. The number of nitrogens with two attached hydrogens (primary N) is 2. The van der Waals surface area contributed by atoms with Crippen LogP contribution in [-0.2, 0) is 0 Å². The predicted octanol–water partition coefficient (Wildman–Crippen LogP) is 2.17. The fourth-order valence-electron chi connectivity index (χ4n) is 5.34. The average molecular weight is 414 g/mol. The van der Waals surface area contributed by atoms with Crippen LogP contribution in [0.3, 0.4) is 0 Å². The van der Waals surface area contributed by atoms with Crippen LogP contribution in [0, 0.1) is 11.4 Å². The molecule has 30 heavy (non-hydrogen) atoms. The van der Waals surface area contributed by atoms with Gasteiger partial charge in [0.2, 0.25) is 5.95 Å². The van der Waals surface area contributed by atoms with Gasteiger partial charge < -0.3 is 16.8 Å². The minimum absolute atomic E-state index is 0.00279. The molecule has 2 aromatic rings. The number of rotatable bonds is 5. The number of halogens is 1. The molecule has 0 radical (unpaired) electrons. The number of likely N-dealkylation sites (tertiary alicyclic amines) is 1. The summed E-state index contributed by atoms with van der Waals surface area (Å²) in [6.07, 6.45) is 10.0. The fraction of sp³-hybridized carbons (Fsp3) is 0.571.